The van der Waals surface area contributed by atoms with Crippen LogP contribution in [0.4, 0.5) is 15.1 Å². The molecule has 208 valence electrons. The van der Waals surface area contributed by atoms with Crippen molar-refractivity contribution in [2.24, 2.45) is 0 Å². The number of ether oxygens (including phenoxy) is 2. The van der Waals surface area contributed by atoms with Gasteiger partial charge in [-0.05, 0) is 42.0 Å². The van der Waals surface area contributed by atoms with Gasteiger partial charge in [-0.3, -0.25) is 4.79 Å². The van der Waals surface area contributed by atoms with Gasteiger partial charge in [0.05, 0.1) is 13.7 Å². The molecule has 0 saturated carbocycles. The molecule has 1 fully saturated rings. The highest BCUT2D eigenvalue weighted by Crippen LogP contribution is 2.27. The minimum absolute atomic E-state index is 0.00201. The summed E-state index contributed by atoms with van der Waals surface area (Å²) in [5, 5.41) is 11.0. The molecule has 3 heterocycles. The molecule has 6 rings (SSSR count). The lowest BCUT2D eigenvalue weighted by Gasteiger charge is -2.23. The molecule has 0 radical (unpaired) electrons. The summed E-state index contributed by atoms with van der Waals surface area (Å²) in [6.07, 6.45) is -0.553. The number of nitrogens with one attached hydrogen (secondary N) is 2. The molecule has 11 nitrogen and oxygen atoms in total. The van der Waals surface area contributed by atoms with Gasteiger partial charge in [0.1, 0.15) is 29.7 Å². The molecule has 12 heteroatoms. The van der Waals surface area contributed by atoms with Crippen LogP contribution < -0.4 is 15.4 Å². The monoisotopic (exact) mass is 555 g/mol. The summed E-state index contributed by atoms with van der Waals surface area (Å²) >= 11 is 0. The quantitative estimate of drug-likeness (QED) is 0.326. The fourth-order valence-corrected chi connectivity index (χ4v) is 4.63. The summed E-state index contributed by atoms with van der Waals surface area (Å²) in [6.45, 7) is 0.613. The molecule has 1 saturated heterocycles. The smallest absolute Gasteiger partial charge is 0.410 e. The fraction of sp³-hybridized carbons (Fsp3) is 0.207. The summed E-state index contributed by atoms with van der Waals surface area (Å²) < 4.78 is 27.1. The Labute approximate surface area is 233 Å². The summed E-state index contributed by atoms with van der Waals surface area (Å²) in [7, 11) is 1.58. The average molecular weight is 556 g/mol. The minimum Gasteiger partial charge on any atom is -0.497 e. The zero-order valence-electron chi connectivity index (χ0n) is 22.1. The van der Waals surface area contributed by atoms with Crippen LogP contribution in [-0.4, -0.2) is 69.3 Å². The number of fused-ring (bicyclic) bond motifs is 3. The summed E-state index contributed by atoms with van der Waals surface area (Å²) in [4.78, 5) is 36.5. The lowest BCUT2D eigenvalue weighted by atomic mass is 10.2. The molecule has 0 unspecified atom stereocenters. The lowest BCUT2D eigenvalue weighted by molar-refractivity contribution is -0.121. The number of para-hydroxylation sites is 1. The van der Waals surface area contributed by atoms with Crippen molar-refractivity contribution in [2.75, 3.05) is 32.1 Å². The molecule has 0 aliphatic carbocycles. The van der Waals surface area contributed by atoms with E-state index in [1.165, 1.54) is 15.5 Å². The van der Waals surface area contributed by atoms with Crippen LogP contribution in [0.2, 0.25) is 0 Å². The van der Waals surface area contributed by atoms with Gasteiger partial charge in [-0.1, -0.05) is 36.4 Å². The maximum Gasteiger partial charge on any atom is 0.410 e. The van der Waals surface area contributed by atoms with Crippen molar-refractivity contribution in [3.8, 4) is 17.1 Å². The van der Waals surface area contributed by atoms with E-state index in [1.807, 2.05) is 42.5 Å². The van der Waals surface area contributed by atoms with Gasteiger partial charge in [0.15, 0.2) is 11.5 Å². The van der Waals surface area contributed by atoms with Crippen molar-refractivity contribution >= 4 is 34.5 Å². The molecule has 0 spiro atoms. The SMILES string of the molecule is COc1ccc(-c2nc3c4cccc(F)c4nc(N[C@@H]4CN(C(=O)OCc5ccccc5)CCNC4=O)n3n2)cc1. The third-order valence-corrected chi connectivity index (χ3v) is 6.77. The highest BCUT2D eigenvalue weighted by Gasteiger charge is 2.30. The minimum atomic E-state index is -0.921. The number of hydrogen-bond acceptors (Lipinski definition) is 8. The first-order chi connectivity index (χ1) is 20.0. The number of carbonyl (C=O) groups excluding carboxylic acids is 2. The molecular weight excluding hydrogens is 529 g/mol. The van der Waals surface area contributed by atoms with Crippen LogP contribution in [0.15, 0.2) is 72.8 Å². The Morgan fingerprint density at radius 1 is 1.07 bits per heavy atom. The van der Waals surface area contributed by atoms with Gasteiger partial charge in [-0.15, -0.1) is 5.10 Å². The zero-order chi connectivity index (χ0) is 28.3. The number of anilines is 1. The van der Waals surface area contributed by atoms with E-state index in [1.54, 1.807) is 31.4 Å². The molecule has 41 heavy (non-hydrogen) atoms. The van der Waals surface area contributed by atoms with Crippen LogP contribution in [-0.2, 0) is 16.1 Å². The number of rotatable bonds is 6. The Hall–Kier alpha value is -5.26. The number of carbonyl (C=O) groups is 2. The van der Waals surface area contributed by atoms with E-state index >= 15 is 0 Å². The van der Waals surface area contributed by atoms with E-state index in [4.69, 9.17) is 9.47 Å². The Bertz CT molecular complexity index is 1730. The second kappa shape index (κ2) is 11.1. The normalized spacial score (nSPS) is 15.4. The summed E-state index contributed by atoms with van der Waals surface area (Å²) in [5.74, 6) is 0.274. The molecule has 2 aromatic heterocycles. The first-order valence-electron chi connectivity index (χ1n) is 13.0. The van der Waals surface area contributed by atoms with Crippen molar-refractivity contribution in [2.45, 2.75) is 12.6 Å². The van der Waals surface area contributed by atoms with Crippen LogP contribution in [0.1, 0.15) is 5.56 Å². The molecule has 1 aliphatic rings. The van der Waals surface area contributed by atoms with Gasteiger partial charge in [0.2, 0.25) is 11.9 Å². The van der Waals surface area contributed by atoms with E-state index in [2.05, 4.69) is 25.7 Å². The van der Waals surface area contributed by atoms with Crippen molar-refractivity contribution in [3.63, 3.8) is 0 Å². The predicted octanol–water partition coefficient (Wildman–Crippen LogP) is 3.64. The highest BCUT2D eigenvalue weighted by atomic mass is 19.1. The second-order valence-corrected chi connectivity index (χ2v) is 9.44. The second-order valence-electron chi connectivity index (χ2n) is 9.44. The highest BCUT2D eigenvalue weighted by molar-refractivity contribution is 5.94. The van der Waals surface area contributed by atoms with E-state index < -0.39 is 18.0 Å². The Morgan fingerprint density at radius 2 is 1.88 bits per heavy atom. The Kier molecular flexibility index (Phi) is 7.02. The van der Waals surface area contributed by atoms with E-state index in [0.717, 1.165) is 5.56 Å². The van der Waals surface area contributed by atoms with E-state index in [0.29, 0.717) is 28.2 Å². The van der Waals surface area contributed by atoms with Crippen molar-refractivity contribution in [1.29, 1.82) is 0 Å². The van der Waals surface area contributed by atoms with Crippen LogP contribution in [0.5, 0.6) is 5.75 Å². The number of methoxy groups -OCH3 is 1. The van der Waals surface area contributed by atoms with Gasteiger partial charge < -0.3 is 25.0 Å². The maximum atomic E-state index is 14.9. The molecule has 2 N–H and O–H groups in total. The molecule has 1 atom stereocenters. The van der Waals surface area contributed by atoms with Crippen LogP contribution in [0.25, 0.3) is 27.9 Å². The molecule has 3 aromatic carbocycles. The van der Waals surface area contributed by atoms with Gasteiger partial charge in [-0.25, -0.2) is 19.2 Å². The van der Waals surface area contributed by atoms with Gasteiger partial charge in [0, 0.05) is 24.0 Å². The maximum absolute atomic E-state index is 14.9. The fourth-order valence-electron chi connectivity index (χ4n) is 4.63. The predicted molar refractivity (Wildman–Crippen MR) is 149 cm³/mol. The van der Waals surface area contributed by atoms with Gasteiger partial charge in [0.25, 0.3) is 0 Å². The van der Waals surface area contributed by atoms with Crippen LogP contribution in [0, 0.1) is 5.82 Å². The first-order valence-corrected chi connectivity index (χ1v) is 13.0. The third kappa shape index (κ3) is 5.31. The molecule has 5 aromatic rings. The number of hydrogen-bond donors (Lipinski definition) is 2. The van der Waals surface area contributed by atoms with Gasteiger partial charge in [-0.2, -0.15) is 4.52 Å². The first kappa shape index (κ1) is 26.0. The number of amides is 2. The van der Waals surface area contributed by atoms with E-state index in [9.17, 15) is 14.0 Å². The zero-order valence-corrected chi connectivity index (χ0v) is 22.1. The van der Waals surface area contributed by atoms with E-state index in [-0.39, 0.29) is 43.6 Å². The molecular formula is C29H26FN7O4. The lowest BCUT2D eigenvalue weighted by Crippen LogP contribution is -2.44. The average Bonchev–Trinajstić information content (AvgIpc) is 3.38. The molecule has 2 amide bonds. The standard InChI is InChI=1S/C29H26FN7O4/c1-40-20-12-10-19(11-13-20)25-34-26-21-8-5-9-22(30)24(21)33-28(37(26)35-25)32-23-16-36(15-14-31-27(23)38)29(39)41-17-18-6-3-2-4-7-18/h2-13,23H,14-17H2,1H3,(H,31,38)(H,32,33)/t23-/m1/s1. The van der Waals surface area contributed by atoms with Crippen LogP contribution >= 0.6 is 0 Å². The topological polar surface area (TPSA) is 123 Å². The third-order valence-electron chi connectivity index (χ3n) is 6.77. The van der Waals surface area contributed by atoms with Crippen molar-refractivity contribution in [1.82, 2.24) is 29.8 Å². The number of aromatic nitrogens is 4. The Balaban J connectivity index is 1.32. The summed E-state index contributed by atoms with van der Waals surface area (Å²) in [6, 6.07) is 20.2. The van der Waals surface area contributed by atoms with Crippen molar-refractivity contribution in [3.05, 3.63) is 84.2 Å². The number of nitrogens with zero attached hydrogens (tertiary/aromatic N) is 5. The van der Waals surface area contributed by atoms with Crippen LogP contribution in [0.3, 0.4) is 0 Å². The van der Waals surface area contributed by atoms with Crippen molar-refractivity contribution < 1.29 is 23.5 Å². The largest absolute Gasteiger partial charge is 0.497 e. The van der Waals surface area contributed by atoms with Gasteiger partial charge >= 0.3 is 6.09 Å². The Morgan fingerprint density at radius 3 is 2.66 bits per heavy atom. The molecule has 0 bridgehead atoms. The number of benzene rings is 3. The summed E-state index contributed by atoms with van der Waals surface area (Å²) in [5.41, 5.74) is 1.99. The molecule has 1 aliphatic heterocycles. The number of halogens is 1.